The predicted molar refractivity (Wildman–Crippen MR) is 68.1 cm³/mol. The standard InChI is InChI=1S/C15H22O/c1-2-3-4-5-11-16-15-10-9-13-7-6-8-14(13)12-15/h9-10,12H,2-8,11H2,1H3. The topological polar surface area (TPSA) is 9.23 Å². The summed E-state index contributed by atoms with van der Waals surface area (Å²) in [6.07, 6.45) is 8.91. The Morgan fingerprint density at radius 1 is 1.06 bits per heavy atom. The number of rotatable bonds is 6. The van der Waals surface area contributed by atoms with E-state index >= 15 is 0 Å². The summed E-state index contributed by atoms with van der Waals surface area (Å²) in [5, 5.41) is 0. The van der Waals surface area contributed by atoms with Crippen LogP contribution in [0.1, 0.15) is 50.2 Å². The minimum Gasteiger partial charge on any atom is -0.494 e. The lowest BCUT2D eigenvalue weighted by atomic mass is 10.1. The molecule has 0 heterocycles. The lowest BCUT2D eigenvalue weighted by Gasteiger charge is -2.07. The lowest BCUT2D eigenvalue weighted by Crippen LogP contribution is -1.97. The van der Waals surface area contributed by atoms with Gasteiger partial charge in [0.05, 0.1) is 6.61 Å². The van der Waals surface area contributed by atoms with Gasteiger partial charge in [0.25, 0.3) is 0 Å². The first-order valence-electron chi connectivity index (χ1n) is 6.65. The van der Waals surface area contributed by atoms with Gasteiger partial charge in [-0.2, -0.15) is 0 Å². The van der Waals surface area contributed by atoms with Crippen LogP contribution in [-0.4, -0.2) is 6.61 Å². The highest BCUT2D eigenvalue weighted by Gasteiger charge is 2.10. The van der Waals surface area contributed by atoms with Crippen molar-refractivity contribution in [1.82, 2.24) is 0 Å². The second-order valence-corrected chi connectivity index (χ2v) is 4.69. The normalized spacial score (nSPS) is 13.8. The van der Waals surface area contributed by atoms with Crippen molar-refractivity contribution < 1.29 is 4.74 Å². The van der Waals surface area contributed by atoms with Crippen LogP contribution in [0.15, 0.2) is 18.2 Å². The van der Waals surface area contributed by atoms with Gasteiger partial charge in [0.2, 0.25) is 0 Å². The average molecular weight is 218 g/mol. The Balaban J connectivity index is 1.77. The quantitative estimate of drug-likeness (QED) is 0.652. The number of ether oxygens (including phenoxy) is 1. The summed E-state index contributed by atoms with van der Waals surface area (Å²) < 4.78 is 5.78. The van der Waals surface area contributed by atoms with Gasteiger partial charge in [-0.15, -0.1) is 0 Å². The summed E-state index contributed by atoms with van der Waals surface area (Å²) in [4.78, 5) is 0. The molecule has 0 unspecified atom stereocenters. The molecule has 0 saturated carbocycles. The molecule has 1 aliphatic rings. The van der Waals surface area contributed by atoms with Crippen LogP contribution in [0.4, 0.5) is 0 Å². The van der Waals surface area contributed by atoms with Gasteiger partial charge in [0.1, 0.15) is 5.75 Å². The Bertz CT molecular complexity index is 330. The van der Waals surface area contributed by atoms with Crippen molar-refractivity contribution in [3.05, 3.63) is 29.3 Å². The zero-order valence-electron chi connectivity index (χ0n) is 10.3. The molecule has 1 aromatic rings. The summed E-state index contributed by atoms with van der Waals surface area (Å²) in [6, 6.07) is 6.61. The van der Waals surface area contributed by atoms with E-state index in [2.05, 4.69) is 25.1 Å². The third-order valence-corrected chi connectivity index (χ3v) is 3.34. The molecule has 88 valence electrons. The molecule has 0 aliphatic heterocycles. The highest BCUT2D eigenvalue weighted by Crippen LogP contribution is 2.26. The Hall–Kier alpha value is -0.980. The van der Waals surface area contributed by atoms with E-state index in [-0.39, 0.29) is 0 Å². The summed E-state index contributed by atoms with van der Waals surface area (Å²) in [6.45, 7) is 3.11. The molecule has 0 spiro atoms. The Morgan fingerprint density at radius 3 is 2.81 bits per heavy atom. The molecule has 0 N–H and O–H groups in total. The number of hydrogen-bond acceptors (Lipinski definition) is 1. The minimum absolute atomic E-state index is 0.874. The maximum absolute atomic E-state index is 5.78. The van der Waals surface area contributed by atoms with E-state index in [4.69, 9.17) is 4.74 Å². The van der Waals surface area contributed by atoms with Crippen LogP contribution >= 0.6 is 0 Å². The van der Waals surface area contributed by atoms with Crippen LogP contribution in [-0.2, 0) is 12.8 Å². The molecule has 1 aromatic carbocycles. The van der Waals surface area contributed by atoms with Gasteiger partial charge in [-0.25, -0.2) is 0 Å². The van der Waals surface area contributed by atoms with Gasteiger partial charge in [-0.3, -0.25) is 0 Å². The van der Waals surface area contributed by atoms with Crippen molar-refractivity contribution in [1.29, 1.82) is 0 Å². The number of hydrogen-bond donors (Lipinski definition) is 0. The van der Waals surface area contributed by atoms with Gasteiger partial charge >= 0.3 is 0 Å². The molecule has 0 saturated heterocycles. The summed E-state index contributed by atoms with van der Waals surface area (Å²) >= 11 is 0. The van der Waals surface area contributed by atoms with E-state index in [1.807, 2.05) is 0 Å². The summed E-state index contributed by atoms with van der Waals surface area (Å²) in [5.41, 5.74) is 3.03. The van der Waals surface area contributed by atoms with Crippen molar-refractivity contribution in [3.8, 4) is 5.75 Å². The molecule has 0 radical (unpaired) electrons. The van der Waals surface area contributed by atoms with Gasteiger partial charge in [0.15, 0.2) is 0 Å². The van der Waals surface area contributed by atoms with Crippen LogP contribution in [0.25, 0.3) is 0 Å². The van der Waals surface area contributed by atoms with Crippen LogP contribution in [0.5, 0.6) is 5.75 Å². The second-order valence-electron chi connectivity index (χ2n) is 4.69. The summed E-state index contributed by atoms with van der Waals surface area (Å²) in [5.74, 6) is 1.07. The fourth-order valence-corrected chi connectivity index (χ4v) is 2.36. The van der Waals surface area contributed by atoms with E-state index in [1.54, 1.807) is 0 Å². The maximum Gasteiger partial charge on any atom is 0.119 e. The van der Waals surface area contributed by atoms with Gasteiger partial charge in [0, 0.05) is 0 Å². The number of fused-ring (bicyclic) bond motifs is 1. The number of unbranched alkanes of at least 4 members (excludes halogenated alkanes) is 3. The molecule has 0 aromatic heterocycles. The molecule has 0 fully saturated rings. The van der Waals surface area contributed by atoms with Crippen LogP contribution in [0, 0.1) is 0 Å². The Labute approximate surface area is 98.8 Å². The Morgan fingerprint density at radius 2 is 1.94 bits per heavy atom. The molecule has 2 rings (SSSR count). The maximum atomic E-state index is 5.78. The molecule has 0 amide bonds. The first-order chi connectivity index (χ1) is 7.90. The minimum atomic E-state index is 0.874. The molecule has 1 heteroatoms. The van der Waals surface area contributed by atoms with Crippen molar-refractivity contribution in [2.24, 2.45) is 0 Å². The van der Waals surface area contributed by atoms with Crippen LogP contribution < -0.4 is 4.74 Å². The molecule has 1 nitrogen and oxygen atoms in total. The average Bonchev–Trinajstić information content (AvgIpc) is 2.76. The molecule has 0 bridgehead atoms. The van der Waals surface area contributed by atoms with E-state index in [9.17, 15) is 0 Å². The van der Waals surface area contributed by atoms with Crippen molar-refractivity contribution >= 4 is 0 Å². The Kier molecular flexibility index (Phi) is 4.26. The molecule has 16 heavy (non-hydrogen) atoms. The first-order valence-corrected chi connectivity index (χ1v) is 6.65. The van der Waals surface area contributed by atoms with E-state index in [0.717, 1.165) is 12.4 Å². The highest BCUT2D eigenvalue weighted by atomic mass is 16.5. The zero-order valence-corrected chi connectivity index (χ0v) is 10.3. The fraction of sp³-hybridized carbons (Fsp3) is 0.600. The van der Waals surface area contributed by atoms with Gasteiger partial charge < -0.3 is 4.74 Å². The number of aryl methyl sites for hydroxylation is 2. The molecular formula is C15H22O. The third kappa shape index (κ3) is 3.01. The third-order valence-electron chi connectivity index (χ3n) is 3.34. The predicted octanol–water partition coefficient (Wildman–Crippen LogP) is 4.13. The van der Waals surface area contributed by atoms with E-state index < -0.39 is 0 Å². The van der Waals surface area contributed by atoms with Crippen LogP contribution in [0.3, 0.4) is 0 Å². The monoisotopic (exact) mass is 218 g/mol. The van der Waals surface area contributed by atoms with Gasteiger partial charge in [-0.05, 0) is 48.9 Å². The van der Waals surface area contributed by atoms with Gasteiger partial charge in [-0.1, -0.05) is 32.3 Å². The lowest BCUT2D eigenvalue weighted by molar-refractivity contribution is 0.305. The smallest absolute Gasteiger partial charge is 0.119 e. The van der Waals surface area contributed by atoms with E-state index in [1.165, 1.54) is 56.1 Å². The summed E-state index contributed by atoms with van der Waals surface area (Å²) in [7, 11) is 0. The first kappa shape index (κ1) is 11.5. The van der Waals surface area contributed by atoms with Crippen molar-refractivity contribution in [2.45, 2.75) is 51.9 Å². The molecule has 1 aliphatic carbocycles. The van der Waals surface area contributed by atoms with Crippen molar-refractivity contribution in [2.75, 3.05) is 6.61 Å². The SMILES string of the molecule is CCCCCCOc1ccc2c(c1)CCC2. The molecule has 0 atom stereocenters. The largest absolute Gasteiger partial charge is 0.494 e. The van der Waals surface area contributed by atoms with Crippen molar-refractivity contribution in [3.63, 3.8) is 0 Å². The van der Waals surface area contributed by atoms with Crippen LogP contribution in [0.2, 0.25) is 0 Å². The fourth-order valence-electron chi connectivity index (χ4n) is 2.36. The second kappa shape index (κ2) is 5.93. The van der Waals surface area contributed by atoms with E-state index in [0.29, 0.717) is 0 Å². The zero-order chi connectivity index (χ0) is 11.2. The number of benzene rings is 1. The highest BCUT2D eigenvalue weighted by molar-refractivity contribution is 5.38. The molecular weight excluding hydrogens is 196 g/mol.